The highest BCUT2D eigenvalue weighted by atomic mass is 16.3. The average Bonchev–Trinajstić information content (AvgIpc) is 3.16. The molecule has 0 bridgehead atoms. The monoisotopic (exact) mass is 435 g/mol. The van der Waals surface area contributed by atoms with E-state index in [9.17, 15) is 0 Å². The Hall–Kier alpha value is -3.20. The number of benzene rings is 2. The zero-order valence-electron chi connectivity index (χ0n) is 20.4. The van der Waals surface area contributed by atoms with Gasteiger partial charge in [0.05, 0.1) is 11.3 Å². The van der Waals surface area contributed by atoms with Gasteiger partial charge in [0, 0.05) is 45.3 Å². The Morgan fingerprint density at radius 3 is 2.39 bits per heavy atom. The van der Waals surface area contributed by atoms with Gasteiger partial charge in [-0.2, -0.15) is 0 Å². The second-order valence-corrected chi connectivity index (χ2v) is 11.1. The minimum Gasteiger partial charge on any atom is -0.454 e. The Kier molecular flexibility index (Phi) is 4.12. The summed E-state index contributed by atoms with van der Waals surface area (Å²) in [6.07, 6.45) is 6.44. The number of furan rings is 1. The van der Waals surface area contributed by atoms with E-state index in [4.69, 9.17) is 9.40 Å². The number of aromatic nitrogens is 2. The van der Waals surface area contributed by atoms with Crippen molar-refractivity contribution >= 4 is 32.7 Å². The summed E-state index contributed by atoms with van der Waals surface area (Å²) in [5, 5.41) is 4.77. The van der Waals surface area contributed by atoms with Crippen LogP contribution in [-0.4, -0.2) is 4.98 Å². The molecule has 1 aliphatic rings. The summed E-state index contributed by atoms with van der Waals surface area (Å²) in [5.41, 5.74) is 8.22. The van der Waals surface area contributed by atoms with Gasteiger partial charge >= 0.3 is 0 Å². The predicted molar refractivity (Wildman–Crippen MR) is 136 cm³/mol. The number of hydrogen-bond acceptors (Lipinski definition) is 2. The number of aryl methyl sites for hydroxylation is 2. The maximum absolute atomic E-state index is 6.87. The van der Waals surface area contributed by atoms with Crippen LogP contribution in [0.3, 0.4) is 0 Å². The van der Waals surface area contributed by atoms with Crippen molar-refractivity contribution < 1.29 is 8.98 Å². The number of fused-ring (bicyclic) bond motifs is 7. The fourth-order valence-electron chi connectivity index (χ4n) is 5.84. The van der Waals surface area contributed by atoms with Gasteiger partial charge < -0.3 is 4.42 Å². The molecular weight excluding hydrogens is 404 g/mol. The molecule has 0 unspecified atom stereocenters. The average molecular weight is 436 g/mol. The van der Waals surface area contributed by atoms with Crippen molar-refractivity contribution in [3.63, 3.8) is 0 Å². The first kappa shape index (κ1) is 20.4. The smallest absolute Gasteiger partial charge is 0.216 e. The molecule has 0 saturated carbocycles. The first-order valence-electron chi connectivity index (χ1n) is 11.9. The van der Waals surface area contributed by atoms with Crippen LogP contribution in [-0.2, 0) is 17.9 Å². The third-order valence-corrected chi connectivity index (χ3v) is 7.87. The molecular formula is C30H31N2O+. The van der Waals surface area contributed by atoms with E-state index in [1.807, 2.05) is 6.20 Å². The normalized spacial score (nSPS) is 17.0. The zero-order chi connectivity index (χ0) is 23.1. The van der Waals surface area contributed by atoms with E-state index in [0.29, 0.717) is 0 Å². The van der Waals surface area contributed by atoms with Gasteiger partial charge in [0.15, 0.2) is 6.20 Å². The first-order valence-corrected chi connectivity index (χ1v) is 11.9. The fourth-order valence-corrected chi connectivity index (χ4v) is 5.84. The van der Waals surface area contributed by atoms with Crippen LogP contribution < -0.4 is 4.57 Å². The Bertz CT molecular complexity index is 1590. The summed E-state index contributed by atoms with van der Waals surface area (Å²) in [5.74, 6) is 0. The first-order chi connectivity index (χ1) is 15.7. The van der Waals surface area contributed by atoms with Gasteiger partial charge in [-0.3, -0.25) is 4.98 Å². The van der Waals surface area contributed by atoms with Crippen molar-refractivity contribution in [3.8, 4) is 11.3 Å². The third-order valence-electron chi connectivity index (χ3n) is 7.87. The van der Waals surface area contributed by atoms with Crippen molar-refractivity contribution in [1.82, 2.24) is 4.98 Å². The molecule has 3 heteroatoms. The zero-order valence-corrected chi connectivity index (χ0v) is 20.4. The molecule has 0 amide bonds. The topological polar surface area (TPSA) is 29.9 Å². The summed E-state index contributed by atoms with van der Waals surface area (Å²) in [6, 6.07) is 15.2. The molecule has 0 fully saturated rings. The van der Waals surface area contributed by atoms with Crippen LogP contribution >= 0.6 is 0 Å². The molecule has 3 heterocycles. The van der Waals surface area contributed by atoms with Crippen LogP contribution in [0.2, 0.25) is 0 Å². The van der Waals surface area contributed by atoms with Crippen molar-refractivity contribution in [2.24, 2.45) is 7.05 Å². The molecule has 0 atom stereocenters. The molecule has 0 radical (unpaired) electrons. The van der Waals surface area contributed by atoms with Crippen molar-refractivity contribution in [2.45, 2.75) is 58.3 Å². The molecule has 1 aliphatic carbocycles. The van der Waals surface area contributed by atoms with E-state index in [-0.39, 0.29) is 10.8 Å². The van der Waals surface area contributed by atoms with Gasteiger partial charge in [0.25, 0.3) is 0 Å². The molecule has 2 aromatic carbocycles. The quantitative estimate of drug-likeness (QED) is 0.259. The molecule has 0 N–H and O–H groups in total. The number of hydrogen-bond donors (Lipinski definition) is 0. The van der Waals surface area contributed by atoms with Crippen LogP contribution in [0.4, 0.5) is 0 Å². The maximum Gasteiger partial charge on any atom is 0.216 e. The third kappa shape index (κ3) is 2.81. The summed E-state index contributed by atoms with van der Waals surface area (Å²) in [4.78, 5) is 5.00. The maximum atomic E-state index is 6.87. The highest BCUT2D eigenvalue weighted by Crippen LogP contribution is 2.50. The Balaban J connectivity index is 1.80. The van der Waals surface area contributed by atoms with Gasteiger partial charge in [-0.05, 0) is 48.4 Å². The van der Waals surface area contributed by atoms with Gasteiger partial charge in [-0.1, -0.05) is 45.9 Å². The van der Waals surface area contributed by atoms with Crippen LogP contribution in [0.15, 0.2) is 59.3 Å². The van der Waals surface area contributed by atoms with Gasteiger partial charge in [-0.15, -0.1) is 0 Å². The van der Waals surface area contributed by atoms with Crippen LogP contribution in [0.25, 0.3) is 44.0 Å². The minimum atomic E-state index is 0.0508. The van der Waals surface area contributed by atoms with Gasteiger partial charge in [-0.25, -0.2) is 4.57 Å². The second kappa shape index (κ2) is 6.66. The van der Waals surface area contributed by atoms with Gasteiger partial charge in [0.1, 0.15) is 18.2 Å². The molecule has 166 valence electrons. The Morgan fingerprint density at radius 2 is 1.61 bits per heavy atom. The lowest BCUT2D eigenvalue weighted by Crippen LogP contribution is -2.35. The van der Waals surface area contributed by atoms with Gasteiger partial charge in [0.2, 0.25) is 5.69 Å². The lowest BCUT2D eigenvalue weighted by molar-refractivity contribution is -0.660. The number of nitrogens with zero attached hydrogens (tertiary/aromatic N) is 2. The second-order valence-electron chi connectivity index (χ2n) is 11.1. The molecule has 5 aromatic rings. The van der Waals surface area contributed by atoms with E-state index < -0.39 is 0 Å². The molecule has 0 spiro atoms. The van der Waals surface area contributed by atoms with E-state index in [0.717, 1.165) is 35.1 Å². The molecule has 3 aromatic heterocycles. The molecule has 33 heavy (non-hydrogen) atoms. The molecule has 0 aliphatic heterocycles. The number of pyridine rings is 2. The van der Waals surface area contributed by atoms with Crippen molar-refractivity contribution in [2.75, 3.05) is 0 Å². The summed E-state index contributed by atoms with van der Waals surface area (Å²) < 4.78 is 9.04. The molecule has 3 nitrogen and oxygen atoms in total. The predicted octanol–water partition coefficient (Wildman–Crippen LogP) is 7.28. The summed E-state index contributed by atoms with van der Waals surface area (Å²) in [7, 11) is 2.10. The summed E-state index contributed by atoms with van der Waals surface area (Å²) >= 11 is 0. The Morgan fingerprint density at radius 1 is 0.879 bits per heavy atom. The van der Waals surface area contributed by atoms with Crippen LogP contribution in [0.5, 0.6) is 0 Å². The highest BCUT2D eigenvalue weighted by molar-refractivity contribution is 6.18. The Labute approximate surface area is 195 Å². The van der Waals surface area contributed by atoms with E-state index in [1.165, 1.54) is 38.5 Å². The van der Waals surface area contributed by atoms with Crippen molar-refractivity contribution in [3.05, 3.63) is 71.7 Å². The summed E-state index contributed by atoms with van der Waals surface area (Å²) in [6.45, 7) is 11.6. The SMILES string of the molecule is Cc1ccc2c(oc3c2ccc2cnc4c(c23)C(C)(C)CCC4(C)C)c1-c1cccc[n+]1C. The lowest BCUT2D eigenvalue weighted by atomic mass is 9.64. The molecule has 6 rings (SSSR count). The molecule has 0 saturated heterocycles. The lowest BCUT2D eigenvalue weighted by Gasteiger charge is -2.41. The fraction of sp³-hybridized carbons (Fsp3) is 0.333. The van der Waals surface area contributed by atoms with Crippen molar-refractivity contribution in [1.29, 1.82) is 0 Å². The van der Waals surface area contributed by atoms with E-state index >= 15 is 0 Å². The van der Waals surface area contributed by atoms with Crippen LogP contribution in [0.1, 0.15) is 57.4 Å². The van der Waals surface area contributed by atoms with Crippen LogP contribution in [0, 0.1) is 6.92 Å². The standard InChI is InChI=1S/C30H31N2O/c1-18-10-12-20-21-13-11-19-17-31-28-25(29(2,3)14-15-30(28,4)5)24(19)27(21)33-26(20)23(18)22-9-7-8-16-32(22)6/h7-13,16-17H,14-15H2,1-6H3/q+1. The number of rotatable bonds is 1. The minimum absolute atomic E-state index is 0.0508. The van der Waals surface area contributed by atoms with E-state index in [2.05, 4.69) is 94.9 Å². The largest absolute Gasteiger partial charge is 0.454 e. The van der Waals surface area contributed by atoms with E-state index in [1.54, 1.807) is 0 Å². The highest BCUT2D eigenvalue weighted by Gasteiger charge is 2.40.